The lowest BCUT2D eigenvalue weighted by Gasteiger charge is -2.17. The molecule has 0 radical (unpaired) electrons. The van der Waals surface area contributed by atoms with Crippen LogP contribution >= 0.6 is 11.3 Å². The predicted molar refractivity (Wildman–Crippen MR) is 89.0 cm³/mol. The second-order valence-corrected chi connectivity index (χ2v) is 7.69. The first kappa shape index (κ1) is 16.1. The topological polar surface area (TPSA) is 71.2 Å². The lowest BCUT2D eigenvalue weighted by atomic mass is 9.92. The van der Waals surface area contributed by atoms with Gasteiger partial charge in [-0.3, -0.25) is 4.79 Å². The Balaban J connectivity index is 2.03. The van der Waals surface area contributed by atoms with Gasteiger partial charge in [-0.2, -0.15) is 0 Å². The number of aromatic nitrogens is 1. The number of thiazole rings is 1. The average Bonchev–Trinajstić information content (AvgIpc) is 2.93. The van der Waals surface area contributed by atoms with Gasteiger partial charge in [0.2, 0.25) is 0 Å². The molecule has 118 valence electrons. The summed E-state index contributed by atoms with van der Waals surface area (Å²) in [5, 5.41) is 3.92. The van der Waals surface area contributed by atoms with Crippen LogP contribution in [0.3, 0.4) is 0 Å². The van der Waals surface area contributed by atoms with Crippen LogP contribution in [0, 0.1) is 5.41 Å². The van der Waals surface area contributed by atoms with Gasteiger partial charge in [0.05, 0.1) is 0 Å². The van der Waals surface area contributed by atoms with Crippen LogP contribution in [-0.4, -0.2) is 30.5 Å². The lowest BCUT2D eigenvalue weighted by molar-refractivity contribution is 0.0941. The highest BCUT2D eigenvalue weighted by Crippen LogP contribution is 2.37. The van der Waals surface area contributed by atoms with Crippen LogP contribution in [0.1, 0.15) is 56.1 Å². The number of carbonyl (C=O) groups excluding carboxylic acids is 1. The van der Waals surface area contributed by atoms with Crippen molar-refractivity contribution in [3.63, 3.8) is 0 Å². The SMILES string of the molecule is CCCN(C)c1nc(N)c(C(=O)NC2CCC(C)(C)C2)s1. The molecule has 1 atom stereocenters. The fourth-order valence-corrected chi connectivity index (χ4v) is 3.76. The van der Waals surface area contributed by atoms with E-state index in [1.54, 1.807) is 0 Å². The maximum atomic E-state index is 12.4. The van der Waals surface area contributed by atoms with Crippen LogP contribution in [-0.2, 0) is 0 Å². The van der Waals surface area contributed by atoms with Crippen molar-refractivity contribution in [3.8, 4) is 0 Å². The van der Waals surface area contributed by atoms with Crippen molar-refractivity contribution in [2.45, 2.75) is 52.5 Å². The molecule has 1 saturated carbocycles. The van der Waals surface area contributed by atoms with Crippen LogP contribution < -0.4 is 16.0 Å². The summed E-state index contributed by atoms with van der Waals surface area (Å²) in [6.07, 6.45) is 4.26. The first-order valence-corrected chi connectivity index (χ1v) is 8.42. The summed E-state index contributed by atoms with van der Waals surface area (Å²) in [4.78, 5) is 19.3. The molecule has 6 heteroatoms. The van der Waals surface area contributed by atoms with Gasteiger partial charge in [-0.05, 0) is 31.1 Å². The molecule has 1 aliphatic rings. The second kappa shape index (κ2) is 6.22. The molecule has 1 fully saturated rings. The molecule has 0 saturated heterocycles. The fraction of sp³-hybridized carbons (Fsp3) is 0.733. The Hall–Kier alpha value is -1.30. The molecular formula is C15H26N4OS. The lowest BCUT2D eigenvalue weighted by Crippen LogP contribution is -2.33. The Morgan fingerprint density at radius 2 is 2.29 bits per heavy atom. The maximum Gasteiger partial charge on any atom is 0.265 e. The minimum absolute atomic E-state index is 0.0798. The zero-order valence-corrected chi connectivity index (χ0v) is 14.2. The molecule has 1 aromatic rings. The Morgan fingerprint density at radius 1 is 1.57 bits per heavy atom. The number of nitrogen functional groups attached to an aromatic ring is 1. The molecule has 1 aromatic heterocycles. The third-order valence-electron chi connectivity index (χ3n) is 4.04. The van der Waals surface area contributed by atoms with Crippen LogP contribution in [0.4, 0.5) is 10.9 Å². The minimum atomic E-state index is -0.0798. The zero-order valence-electron chi connectivity index (χ0n) is 13.4. The highest BCUT2D eigenvalue weighted by Gasteiger charge is 2.32. The van der Waals surface area contributed by atoms with Gasteiger partial charge >= 0.3 is 0 Å². The molecule has 1 unspecified atom stereocenters. The number of nitrogens with one attached hydrogen (secondary N) is 1. The van der Waals surface area contributed by atoms with Crippen molar-refractivity contribution in [1.29, 1.82) is 0 Å². The Morgan fingerprint density at radius 3 is 2.86 bits per heavy atom. The summed E-state index contributed by atoms with van der Waals surface area (Å²) in [5.74, 6) is 0.261. The van der Waals surface area contributed by atoms with E-state index in [1.165, 1.54) is 11.3 Å². The van der Waals surface area contributed by atoms with Crippen molar-refractivity contribution >= 4 is 28.2 Å². The molecule has 1 heterocycles. The van der Waals surface area contributed by atoms with Gasteiger partial charge in [-0.1, -0.05) is 32.1 Å². The third-order valence-corrected chi connectivity index (χ3v) is 5.22. The minimum Gasteiger partial charge on any atom is -0.382 e. The zero-order chi connectivity index (χ0) is 15.6. The summed E-state index contributed by atoms with van der Waals surface area (Å²) in [6.45, 7) is 7.52. The molecule has 5 nitrogen and oxygen atoms in total. The number of nitrogens with zero attached hydrogens (tertiary/aromatic N) is 2. The van der Waals surface area contributed by atoms with E-state index in [9.17, 15) is 4.79 Å². The van der Waals surface area contributed by atoms with E-state index in [-0.39, 0.29) is 11.9 Å². The van der Waals surface area contributed by atoms with E-state index >= 15 is 0 Å². The van der Waals surface area contributed by atoms with Crippen LogP contribution in [0.25, 0.3) is 0 Å². The number of carbonyl (C=O) groups is 1. The molecule has 1 amide bonds. The molecule has 0 aromatic carbocycles. The van der Waals surface area contributed by atoms with Crippen LogP contribution in [0.2, 0.25) is 0 Å². The first-order chi connectivity index (χ1) is 9.82. The molecule has 2 rings (SSSR count). The number of anilines is 2. The van der Waals surface area contributed by atoms with Crippen LogP contribution in [0.15, 0.2) is 0 Å². The van der Waals surface area contributed by atoms with Gasteiger partial charge < -0.3 is 16.0 Å². The smallest absolute Gasteiger partial charge is 0.265 e. The quantitative estimate of drug-likeness (QED) is 0.877. The average molecular weight is 310 g/mol. The largest absolute Gasteiger partial charge is 0.382 e. The summed E-state index contributed by atoms with van der Waals surface area (Å²) in [5.41, 5.74) is 6.24. The summed E-state index contributed by atoms with van der Waals surface area (Å²) < 4.78 is 0. The standard InChI is InChI=1S/C15H26N4OS/c1-5-8-19(4)14-18-12(16)11(21-14)13(20)17-10-6-7-15(2,3)9-10/h10H,5-9,16H2,1-4H3,(H,17,20). The van der Waals surface area contributed by atoms with E-state index < -0.39 is 0 Å². The number of hydrogen-bond acceptors (Lipinski definition) is 5. The number of hydrogen-bond donors (Lipinski definition) is 2. The van der Waals surface area contributed by atoms with E-state index in [0.717, 1.165) is 37.4 Å². The van der Waals surface area contributed by atoms with Crippen LogP contribution in [0.5, 0.6) is 0 Å². The van der Waals surface area contributed by atoms with Gasteiger partial charge in [0.25, 0.3) is 5.91 Å². The number of rotatable bonds is 5. The van der Waals surface area contributed by atoms with Gasteiger partial charge in [0, 0.05) is 19.6 Å². The van der Waals surface area contributed by atoms with Crippen molar-refractivity contribution in [2.24, 2.45) is 5.41 Å². The Labute approximate surface area is 130 Å². The molecule has 0 aliphatic heterocycles. The maximum absolute atomic E-state index is 12.4. The molecule has 1 aliphatic carbocycles. The third kappa shape index (κ3) is 3.87. The summed E-state index contributed by atoms with van der Waals surface area (Å²) in [7, 11) is 1.98. The highest BCUT2D eigenvalue weighted by molar-refractivity contribution is 7.18. The normalized spacial score (nSPS) is 20.5. The van der Waals surface area contributed by atoms with E-state index in [4.69, 9.17) is 5.73 Å². The molecule has 0 spiro atoms. The van der Waals surface area contributed by atoms with Gasteiger partial charge in [-0.25, -0.2) is 4.98 Å². The molecule has 0 bridgehead atoms. The predicted octanol–water partition coefficient (Wildman–Crippen LogP) is 2.88. The van der Waals surface area contributed by atoms with E-state index in [1.807, 2.05) is 11.9 Å². The van der Waals surface area contributed by atoms with Crippen molar-refractivity contribution in [1.82, 2.24) is 10.3 Å². The number of amides is 1. The fourth-order valence-electron chi connectivity index (χ4n) is 2.89. The second-order valence-electron chi connectivity index (χ2n) is 6.71. The molecule has 3 N–H and O–H groups in total. The van der Waals surface area contributed by atoms with Gasteiger partial charge in [0.1, 0.15) is 10.7 Å². The first-order valence-electron chi connectivity index (χ1n) is 7.60. The summed E-state index contributed by atoms with van der Waals surface area (Å²) >= 11 is 1.38. The highest BCUT2D eigenvalue weighted by atomic mass is 32.1. The molecule has 21 heavy (non-hydrogen) atoms. The van der Waals surface area contributed by atoms with Crippen molar-refractivity contribution in [3.05, 3.63) is 4.88 Å². The summed E-state index contributed by atoms with van der Waals surface area (Å²) in [6, 6.07) is 0.255. The molecular weight excluding hydrogens is 284 g/mol. The van der Waals surface area contributed by atoms with Crippen molar-refractivity contribution < 1.29 is 4.79 Å². The number of nitrogens with two attached hydrogens (primary N) is 1. The van der Waals surface area contributed by atoms with Gasteiger partial charge in [0.15, 0.2) is 5.13 Å². The van der Waals surface area contributed by atoms with E-state index in [2.05, 4.69) is 31.1 Å². The van der Waals surface area contributed by atoms with E-state index in [0.29, 0.717) is 16.1 Å². The monoisotopic (exact) mass is 310 g/mol. The Kier molecular flexibility index (Phi) is 4.76. The van der Waals surface area contributed by atoms with Crippen molar-refractivity contribution in [2.75, 3.05) is 24.2 Å². The Bertz CT molecular complexity index is 512. The van der Waals surface area contributed by atoms with Gasteiger partial charge in [-0.15, -0.1) is 0 Å².